The normalized spacial score (nSPS) is 14.1. The van der Waals surface area contributed by atoms with Gasteiger partial charge in [0.15, 0.2) is 6.10 Å². The van der Waals surface area contributed by atoms with Crippen LogP contribution in [0.1, 0.15) is 22.8 Å². The Kier molecular flexibility index (Phi) is 3.31. The Morgan fingerprint density at radius 2 is 1.87 bits per heavy atom. The van der Waals surface area contributed by atoms with Crippen LogP contribution in [0.4, 0.5) is 13.2 Å². The van der Waals surface area contributed by atoms with Gasteiger partial charge in [0.05, 0.1) is 0 Å². The molecule has 0 aliphatic heterocycles. The van der Waals surface area contributed by atoms with E-state index in [2.05, 4.69) is 11.6 Å². The average molecular weight is 239 g/mol. The van der Waals surface area contributed by atoms with Crippen LogP contribution in [-0.2, 0) is 0 Å². The maximum atomic E-state index is 13.3. The predicted molar refractivity (Wildman–Crippen MR) is 51.6 cm³/mol. The number of aliphatic hydroxyl groups excluding tert-OH is 1. The molecule has 0 spiro atoms. The number of benzene rings is 1. The lowest BCUT2D eigenvalue weighted by Crippen LogP contribution is -2.21. The minimum absolute atomic E-state index is 0.250. The Morgan fingerprint density at radius 1 is 1.33 bits per heavy atom. The van der Waals surface area contributed by atoms with Crippen molar-refractivity contribution >= 4 is 11.6 Å². The summed E-state index contributed by atoms with van der Waals surface area (Å²) in [6, 6.07) is 2.58. The van der Waals surface area contributed by atoms with Crippen LogP contribution in [0.2, 0.25) is 0 Å². The fourth-order valence-electron chi connectivity index (χ4n) is 1.44. The summed E-state index contributed by atoms with van der Waals surface area (Å²) in [6.45, 7) is 3.07. The van der Waals surface area contributed by atoms with Crippen LogP contribution in [-0.4, -0.2) is 10.5 Å². The predicted octanol–water partition coefficient (Wildman–Crippen LogP) is 3.31. The monoisotopic (exact) mass is 238 g/mol. The quantitative estimate of drug-likeness (QED) is 0.784. The van der Waals surface area contributed by atoms with Gasteiger partial charge in [0, 0.05) is 5.56 Å². The first-order valence-corrected chi connectivity index (χ1v) is 4.62. The number of halogens is 4. The molecule has 0 aliphatic rings. The van der Waals surface area contributed by atoms with Crippen molar-refractivity contribution in [3.8, 4) is 0 Å². The van der Waals surface area contributed by atoms with E-state index in [-0.39, 0.29) is 5.56 Å². The highest BCUT2D eigenvalue weighted by Gasteiger charge is 2.39. The van der Waals surface area contributed by atoms with E-state index in [0.717, 1.165) is 6.07 Å². The van der Waals surface area contributed by atoms with Gasteiger partial charge in [0.1, 0.15) is 5.82 Å². The van der Waals surface area contributed by atoms with Crippen LogP contribution in [0.3, 0.4) is 0 Å². The zero-order valence-electron chi connectivity index (χ0n) is 8.19. The lowest BCUT2D eigenvalue weighted by molar-refractivity contribution is -0.0444. The highest BCUT2D eigenvalue weighted by Crippen LogP contribution is 2.37. The lowest BCUT2D eigenvalue weighted by atomic mass is 10.0. The summed E-state index contributed by atoms with van der Waals surface area (Å²) in [5.41, 5.74) is 0.389. The Hall–Kier alpha value is -0.740. The topological polar surface area (TPSA) is 20.2 Å². The van der Waals surface area contributed by atoms with Crippen LogP contribution < -0.4 is 0 Å². The van der Waals surface area contributed by atoms with Gasteiger partial charge in [-0.1, -0.05) is 6.07 Å². The van der Waals surface area contributed by atoms with Gasteiger partial charge in [-0.05, 0) is 42.6 Å². The molecule has 1 N–H and O–H groups in total. The molecule has 0 radical (unpaired) electrons. The summed E-state index contributed by atoms with van der Waals surface area (Å²) < 4.78 is 38.6. The average Bonchev–Trinajstić information content (AvgIpc) is 1.99. The van der Waals surface area contributed by atoms with Gasteiger partial charge < -0.3 is 5.11 Å². The molecule has 1 aromatic rings. The Balaban J connectivity index is 3.26. The molecule has 0 fully saturated rings. The van der Waals surface area contributed by atoms with Crippen molar-refractivity contribution in [1.29, 1.82) is 0 Å². The number of alkyl halides is 3. The number of hydrogen-bond acceptors (Lipinski definition) is 1. The zero-order valence-corrected chi connectivity index (χ0v) is 8.95. The van der Waals surface area contributed by atoms with Crippen molar-refractivity contribution in [3.63, 3.8) is 0 Å². The van der Waals surface area contributed by atoms with Gasteiger partial charge in [-0.2, -0.15) is 8.78 Å². The molecule has 1 atom stereocenters. The molecule has 5 heteroatoms. The van der Waals surface area contributed by atoms with Gasteiger partial charge in [-0.15, -0.1) is 0 Å². The standard InChI is InChI=1S/C10H10ClF3O/c1-5-3-6(2)8(7(12)4-5)9(15)10(11,13)14/h3-4,9,15H,1-2H3. The summed E-state index contributed by atoms with van der Waals surface area (Å²) >= 11 is 4.65. The SMILES string of the molecule is Cc1cc(C)c(C(O)C(F)(F)Cl)c(F)c1. The van der Waals surface area contributed by atoms with E-state index >= 15 is 0 Å². The fraction of sp³-hybridized carbons (Fsp3) is 0.400. The Labute approximate surface area is 90.5 Å². The summed E-state index contributed by atoms with van der Waals surface area (Å²) in [5, 5.41) is 5.31. The minimum atomic E-state index is -3.87. The van der Waals surface area contributed by atoms with Gasteiger partial charge in [-0.25, -0.2) is 4.39 Å². The number of rotatable bonds is 2. The van der Waals surface area contributed by atoms with Crippen LogP contribution in [0.25, 0.3) is 0 Å². The molecule has 1 aromatic carbocycles. The number of hydrogen-bond donors (Lipinski definition) is 1. The Morgan fingerprint density at radius 3 is 2.27 bits per heavy atom. The molecule has 84 valence electrons. The van der Waals surface area contributed by atoms with Crippen molar-refractivity contribution < 1.29 is 18.3 Å². The molecule has 1 nitrogen and oxygen atoms in total. The van der Waals surface area contributed by atoms with E-state index in [1.807, 2.05) is 0 Å². The second-order valence-electron chi connectivity index (χ2n) is 3.42. The summed E-state index contributed by atoms with van der Waals surface area (Å²) in [6.07, 6.45) is -2.33. The summed E-state index contributed by atoms with van der Waals surface area (Å²) in [4.78, 5) is 0. The molecule has 0 amide bonds. The summed E-state index contributed by atoms with van der Waals surface area (Å²) in [7, 11) is 0. The molecule has 1 rings (SSSR count). The number of aryl methyl sites for hydroxylation is 2. The fourth-order valence-corrected chi connectivity index (χ4v) is 1.55. The zero-order chi connectivity index (χ0) is 11.8. The molecule has 0 saturated carbocycles. The van der Waals surface area contributed by atoms with Crippen molar-refractivity contribution in [2.24, 2.45) is 0 Å². The van der Waals surface area contributed by atoms with Crippen LogP contribution in [0.15, 0.2) is 12.1 Å². The van der Waals surface area contributed by atoms with E-state index in [9.17, 15) is 18.3 Å². The molecule has 0 aromatic heterocycles. The van der Waals surface area contributed by atoms with Gasteiger partial charge in [0.25, 0.3) is 0 Å². The van der Waals surface area contributed by atoms with Crippen molar-refractivity contribution in [1.82, 2.24) is 0 Å². The largest absolute Gasteiger partial charge is 0.381 e. The van der Waals surface area contributed by atoms with E-state index < -0.39 is 22.9 Å². The molecule has 1 unspecified atom stereocenters. The first kappa shape index (κ1) is 12.3. The van der Waals surface area contributed by atoms with Crippen molar-refractivity contribution in [3.05, 3.63) is 34.6 Å². The third-order valence-corrected chi connectivity index (χ3v) is 2.27. The molecular weight excluding hydrogens is 229 g/mol. The van der Waals surface area contributed by atoms with Crippen molar-refractivity contribution in [2.45, 2.75) is 25.3 Å². The van der Waals surface area contributed by atoms with E-state index in [1.165, 1.54) is 13.0 Å². The highest BCUT2D eigenvalue weighted by molar-refractivity contribution is 6.22. The minimum Gasteiger partial charge on any atom is -0.381 e. The first-order chi connectivity index (χ1) is 6.73. The van der Waals surface area contributed by atoms with E-state index in [0.29, 0.717) is 5.56 Å². The lowest BCUT2D eigenvalue weighted by Gasteiger charge is -2.19. The second kappa shape index (κ2) is 4.02. The maximum absolute atomic E-state index is 13.3. The van der Waals surface area contributed by atoms with Gasteiger partial charge in [-0.3, -0.25) is 0 Å². The second-order valence-corrected chi connectivity index (χ2v) is 3.93. The summed E-state index contributed by atoms with van der Waals surface area (Å²) in [5.74, 6) is -0.875. The van der Waals surface area contributed by atoms with Gasteiger partial charge >= 0.3 is 5.38 Å². The van der Waals surface area contributed by atoms with E-state index in [4.69, 9.17) is 0 Å². The molecule has 0 bridgehead atoms. The molecule has 0 aliphatic carbocycles. The molecule has 0 saturated heterocycles. The number of aliphatic hydroxyl groups is 1. The molecule has 15 heavy (non-hydrogen) atoms. The third-order valence-electron chi connectivity index (χ3n) is 2.06. The van der Waals surface area contributed by atoms with Crippen LogP contribution in [0.5, 0.6) is 0 Å². The van der Waals surface area contributed by atoms with Gasteiger partial charge in [0.2, 0.25) is 0 Å². The highest BCUT2D eigenvalue weighted by atomic mass is 35.5. The smallest absolute Gasteiger partial charge is 0.351 e. The maximum Gasteiger partial charge on any atom is 0.351 e. The van der Waals surface area contributed by atoms with E-state index in [1.54, 1.807) is 6.92 Å². The van der Waals surface area contributed by atoms with Crippen LogP contribution in [0, 0.1) is 19.7 Å². The van der Waals surface area contributed by atoms with Crippen molar-refractivity contribution in [2.75, 3.05) is 0 Å². The first-order valence-electron chi connectivity index (χ1n) is 4.25. The third kappa shape index (κ3) is 2.63. The Bertz CT molecular complexity index is 350. The molecule has 0 heterocycles. The van der Waals surface area contributed by atoms with Crippen LogP contribution >= 0.6 is 11.6 Å². The molecular formula is C10H10ClF3O.